The summed E-state index contributed by atoms with van der Waals surface area (Å²) in [4.78, 5) is 0. The van der Waals surface area contributed by atoms with E-state index in [1.54, 1.807) is 0 Å². The molecule has 0 aliphatic heterocycles. The zero-order chi connectivity index (χ0) is 11.6. The molecule has 0 rings (SSSR count). The van der Waals surface area contributed by atoms with Crippen LogP contribution in [0.1, 0.15) is 79.1 Å². The highest BCUT2D eigenvalue weighted by atomic mass is 16.5. The third kappa shape index (κ3) is 10.2. The van der Waals surface area contributed by atoms with E-state index in [2.05, 4.69) is 27.7 Å². The molecule has 0 aromatic rings. The summed E-state index contributed by atoms with van der Waals surface area (Å²) in [5.74, 6) is 0. The Labute approximate surface area is 96.6 Å². The van der Waals surface area contributed by atoms with Crippen molar-refractivity contribution in [1.82, 2.24) is 0 Å². The largest absolute Gasteiger partial charge is 0.376 e. The Balaban J connectivity index is 3.38. The molecular weight excluding hydrogens is 184 g/mol. The highest BCUT2D eigenvalue weighted by molar-refractivity contribution is 4.68. The van der Waals surface area contributed by atoms with E-state index >= 15 is 0 Å². The first kappa shape index (κ1) is 15.0. The second-order valence-corrected chi connectivity index (χ2v) is 5.13. The first-order valence-corrected chi connectivity index (χ1v) is 6.76. The Kier molecular flexibility index (Phi) is 9.18. The van der Waals surface area contributed by atoms with Gasteiger partial charge in [-0.05, 0) is 26.7 Å². The minimum absolute atomic E-state index is 0.0986. The lowest BCUT2D eigenvalue weighted by Gasteiger charge is -2.25. The molecular formula is C14H30O. The SMILES string of the molecule is CCCCCCCC(C)(C)OCCCC. The fourth-order valence-corrected chi connectivity index (χ4v) is 1.72. The van der Waals surface area contributed by atoms with Gasteiger partial charge in [0.15, 0.2) is 0 Å². The Morgan fingerprint density at radius 2 is 1.40 bits per heavy atom. The van der Waals surface area contributed by atoms with Crippen LogP contribution in [-0.2, 0) is 4.74 Å². The van der Waals surface area contributed by atoms with Gasteiger partial charge < -0.3 is 4.74 Å². The van der Waals surface area contributed by atoms with Gasteiger partial charge in [-0.15, -0.1) is 0 Å². The second-order valence-electron chi connectivity index (χ2n) is 5.13. The molecule has 0 bridgehead atoms. The summed E-state index contributed by atoms with van der Waals surface area (Å²) in [5.41, 5.74) is 0.0986. The molecule has 0 unspecified atom stereocenters. The van der Waals surface area contributed by atoms with Gasteiger partial charge in [0.05, 0.1) is 5.60 Å². The maximum atomic E-state index is 5.88. The van der Waals surface area contributed by atoms with Crippen molar-refractivity contribution in [1.29, 1.82) is 0 Å². The molecule has 0 heterocycles. The molecule has 0 saturated heterocycles. The molecule has 1 nitrogen and oxygen atoms in total. The minimum Gasteiger partial charge on any atom is -0.376 e. The first-order chi connectivity index (χ1) is 7.12. The number of ether oxygens (including phenoxy) is 1. The van der Waals surface area contributed by atoms with Crippen LogP contribution < -0.4 is 0 Å². The fraction of sp³-hybridized carbons (Fsp3) is 1.00. The molecule has 0 aliphatic carbocycles. The molecule has 0 atom stereocenters. The van der Waals surface area contributed by atoms with Crippen LogP contribution in [0.25, 0.3) is 0 Å². The Hall–Kier alpha value is -0.0400. The van der Waals surface area contributed by atoms with Crippen LogP contribution in [-0.4, -0.2) is 12.2 Å². The summed E-state index contributed by atoms with van der Waals surface area (Å²) in [6.07, 6.45) is 10.4. The van der Waals surface area contributed by atoms with Crippen molar-refractivity contribution < 1.29 is 4.74 Å². The van der Waals surface area contributed by atoms with E-state index in [1.165, 1.54) is 51.4 Å². The van der Waals surface area contributed by atoms with Crippen molar-refractivity contribution in [2.75, 3.05) is 6.61 Å². The van der Waals surface area contributed by atoms with Crippen molar-refractivity contribution in [2.45, 2.75) is 84.7 Å². The summed E-state index contributed by atoms with van der Waals surface area (Å²) in [6.45, 7) is 9.85. The van der Waals surface area contributed by atoms with Crippen molar-refractivity contribution in [2.24, 2.45) is 0 Å². The molecule has 0 aliphatic rings. The summed E-state index contributed by atoms with van der Waals surface area (Å²) in [7, 11) is 0. The fourth-order valence-electron chi connectivity index (χ4n) is 1.72. The summed E-state index contributed by atoms with van der Waals surface area (Å²) in [5, 5.41) is 0. The zero-order valence-electron chi connectivity index (χ0n) is 11.3. The van der Waals surface area contributed by atoms with Crippen LogP contribution in [0, 0.1) is 0 Å². The van der Waals surface area contributed by atoms with Gasteiger partial charge in [-0.2, -0.15) is 0 Å². The second kappa shape index (κ2) is 9.21. The van der Waals surface area contributed by atoms with Crippen molar-refractivity contribution in [3.8, 4) is 0 Å². The van der Waals surface area contributed by atoms with Crippen molar-refractivity contribution >= 4 is 0 Å². The molecule has 0 saturated carbocycles. The van der Waals surface area contributed by atoms with Gasteiger partial charge in [-0.1, -0.05) is 52.4 Å². The van der Waals surface area contributed by atoms with Gasteiger partial charge in [0.1, 0.15) is 0 Å². The molecule has 0 amide bonds. The zero-order valence-corrected chi connectivity index (χ0v) is 11.3. The summed E-state index contributed by atoms with van der Waals surface area (Å²) in [6, 6.07) is 0. The molecule has 0 fully saturated rings. The number of unbranched alkanes of at least 4 members (excludes halogenated alkanes) is 5. The van der Waals surface area contributed by atoms with E-state index in [1.807, 2.05) is 0 Å². The molecule has 0 aromatic heterocycles. The first-order valence-electron chi connectivity index (χ1n) is 6.76. The van der Waals surface area contributed by atoms with Crippen LogP contribution in [0.15, 0.2) is 0 Å². The summed E-state index contributed by atoms with van der Waals surface area (Å²) < 4.78 is 5.88. The Morgan fingerprint density at radius 3 is 2.00 bits per heavy atom. The monoisotopic (exact) mass is 214 g/mol. The highest BCUT2D eigenvalue weighted by Crippen LogP contribution is 2.19. The smallest absolute Gasteiger partial charge is 0.0626 e. The van der Waals surface area contributed by atoms with Crippen LogP contribution in [0.2, 0.25) is 0 Å². The predicted molar refractivity (Wildman–Crippen MR) is 68.3 cm³/mol. The van der Waals surface area contributed by atoms with E-state index in [0.29, 0.717) is 0 Å². The van der Waals surface area contributed by atoms with Gasteiger partial charge in [0, 0.05) is 6.61 Å². The molecule has 92 valence electrons. The van der Waals surface area contributed by atoms with Gasteiger partial charge in [-0.3, -0.25) is 0 Å². The lowest BCUT2D eigenvalue weighted by atomic mass is 9.99. The normalized spacial score (nSPS) is 12.0. The molecule has 0 radical (unpaired) electrons. The quantitative estimate of drug-likeness (QED) is 0.468. The van der Waals surface area contributed by atoms with E-state index in [-0.39, 0.29) is 5.60 Å². The Bertz CT molecular complexity index is 129. The molecule has 0 spiro atoms. The third-order valence-electron chi connectivity index (χ3n) is 2.87. The van der Waals surface area contributed by atoms with E-state index < -0.39 is 0 Å². The maximum absolute atomic E-state index is 5.88. The van der Waals surface area contributed by atoms with E-state index in [0.717, 1.165) is 6.61 Å². The van der Waals surface area contributed by atoms with E-state index in [4.69, 9.17) is 4.74 Å². The number of hydrogen-bond acceptors (Lipinski definition) is 1. The third-order valence-corrected chi connectivity index (χ3v) is 2.87. The number of hydrogen-bond donors (Lipinski definition) is 0. The molecule has 0 aromatic carbocycles. The summed E-state index contributed by atoms with van der Waals surface area (Å²) >= 11 is 0. The van der Waals surface area contributed by atoms with Crippen LogP contribution in [0.3, 0.4) is 0 Å². The van der Waals surface area contributed by atoms with Crippen LogP contribution in [0.5, 0.6) is 0 Å². The van der Waals surface area contributed by atoms with E-state index in [9.17, 15) is 0 Å². The number of rotatable bonds is 10. The van der Waals surface area contributed by atoms with Gasteiger partial charge in [0.2, 0.25) is 0 Å². The van der Waals surface area contributed by atoms with Crippen molar-refractivity contribution in [3.05, 3.63) is 0 Å². The van der Waals surface area contributed by atoms with Gasteiger partial charge in [0.25, 0.3) is 0 Å². The van der Waals surface area contributed by atoms with Crippen LogP contribution >= 0.6 is 0 Å². The average molecular weight is 214 g/mol. The standard InChI is InChI=1S/C14H30O/c1-5-7-9-10-11-12-14(3,4)15-13-8-6-2/h5-13H2,1-4H3. The van der Waals surface area contributed by atoms with Crippen molar-refractivity contribution in [3.63, 3.8) is 0 Å². The lowest BCUT2D eigenvalue weighted by Crippen LogP contribution is -2.24. The average Bonchev–Trinajstić information content (AvgIpc) is 2.17. The highest BCUT2D eigenvalue weighted by Gasteiger charge is 2.16. The molecule has 15 heavy (non-hydrogen) atoms. The lowest BCUT2D eigenvalue weighted by molar-refractivity contribution is -0.0261. The minimum atomic E-state index is 0.0986. The molecule has 0 N–H and O–H groups in total. The van der Waals surface area contributed by atoms with Crippen LogP contribution in [0.4, 0.5) is 0 Å². The maximum Gasteiger partial charge on any atom is 0.0626 e. The molecule has 1 heteroatoms. The predicted octanol–water partition coefficient (Wildman–Crippen LogP) is 4.94. The van der Waals surface area contributed by atoms with Gasteiger partial charge in [-0.25, -0.2) is 0 Å². The Morgan fingerprint density at radius 1 is 0.800 bits per heavy atom. The van der Waals surface area contributed by atoms with Gasteiger partial charge >= 0.3 is 0 Å². The topological polar surface area (TPSA) is 9.23 Å².